The maximum absolute atomic E-state index is 11.9. The van der Waals surface area contributed by atoms with Gasteiger partial charge < -0.3 is 4.74 Å². The molecule has 1 N–H and O–H groups in total. The maximum atomic E-state index is 11.9. The van der Waals surface area contributed by atoms with Gasteiger partial charge in [-0.15, -0.1) is 0 Å². The molecule has 25 heavy (non-hydrogen) atoms. The van der Waals surface area contributed by atoms with Gasteiger partial charge in [0.15, 0.2) is 6.61 Å². The Kier molecular flexibility index (Phi) is 5.68. The van der Waals surface area contributed by atoms with Crippen LogP contribution in [0.15, 0.2) is 70.2 Å². The monoisotopic (exact) mass is 416 g/mol. The maximum Gasteiger partial charge on any atom is 0.277 e. The smallest absolute Gasteiger partial charge is 0.277 e. The van der Waals surface area contributed by atoms with Crippen LogP contribution >= 0.6 is 27.5 Å². The van der Waals surface area contributed by atoms with Gasteiger partial charge in [-0.2, -0.15) is 5.10 Å². The van der Waals surface area contributed by atoms with Crippen molar-refractivity contribution in [3.8, 4) is 5.75 Å². The molecule has 0 unspecified atom stereocenters. The molecule has 0 aromatic heterocycles. The van der Waals surface area contributed by atoms with Gasteiger partial charge in [0.25, 0.3) is 5.91 Å². The fourth-order valence-corrected chi connectivity index (χ4v) is 2.76. The number of rotatable bonds is 5. The Labute approximate surface area is 158 Å². The van der Waals surface area contributed by atoms with E-state index in [1.807, 2.05) is 48.5 Å². The lowest BCUT2D eigenvalue weighted by molar-refractivity contribution is -0.123. The summed E-state index contributed by atoms with van der Waals surface area (Å²) in [6.07, 6.45) is 1.57. The van der Waals surface area contributed by atoms with Crippen molar-refractivity contribution in [1.29, 1.82) is 0 Å². The van der Waals surface area contributed by atoms with Crippen LogP contribution in [-0.2, 0) is 4.79 Å². The van der Waals surface area contributed by atoms with Crippen LogP contribution in [0.4, 0.5) is 0 Å². The van der Waals surface area contributed by atoms with E-state index in [2.05, 4.69) is 26.5 Å². The summed E-state index contributed by atoms with van der Waals surface area (Å²) < 4.78 is 6.59. The number of hydrazone groups is 1. The number of nitrogens with one attached hydrogen (secondary N) is 1. The van der Waals surface area contributed by atoms with Crippen molar-refractivity contribution in [3.05, 3.63) is 75.7 Å². The molecular formula is C19H14BrClN2O2. The molecule has 3 aromatic carbocycles. The van der Waals surface area contributed by atoms with Gasteiger partial charge in [0.2, 0.25) is 0 Å². The third-order valence-corrected chi connectivity index (χ3v) is 4.32. The lowest BCUT2D eigenvalue weighted by Gasteiger charge is -2.09. The van der Waals surface area contributed by atoms with Crippen molar-refractivity contribution < 1.29 is 9.53 Å². The van der Waals surface area contributed by atoms with Gasteiger partial charge in [0, 0.05) is 20.3 Å². The van der Waals surface area contributed by atoms with Gasteiger partial charge in [-0.05, 0) is 29.8 Å². The Balaban J connectivity index is 1.59. The summed E-state index contributed by atoms with van der Waals surface area (Å²) in [7, 11) is 0. The quantitative estimate of drug-likeness (QED) is 0.479. The number of carbonyl (C=O) groups excluding carboxylic acids is 1. The zero-order valence-corrected chi connectivity index (χ0v) is 15.4. The lowest BCUT2D eigenvalue weighted by Crippen LogP contribution is -2.24. The van der Waals surface area contributed by atoms with Gasteiger partial charge in [0.1, 0.15) is 5.75 Å². The molecule has 0 atom stereocenters. The second-order valence-electron chi connectivity index (χ2n) is 5.22. The standard InChI is InChI=1S/C19H14BrClN2O2/c20-14-7-5-13(6-8-14)11-22-23-19(24)12-25-18-10-9-17(21)15-3-1-2-4-16(15)18/h1-11H,12H2,(H,23,24)/b22-11+. The molecule has 0 aliphatic rings. The predicted octanol–water partition coefficient (Wildman–Crippen LogP) is 4.78. The molecule has 0 saturated carbocycles. The van der Waals surface area contributed by atoms with Crippen molar-refractivity contribution in [2.45, 2.75) is 0 Å². The molecule has 0 spiro atoms. The number of carbonyl (C=O) groups is 1. The minimum absolute atomic E-state index is 0.136. The van der Waals surface area contributed by atoms with Crippen molar-refractivity contribution in [1.82, 2.24) is 5.43 Å². The largest absolute Gasteiger partial charge is 0.483 e. The minimum Gasteiger partial charge on any atom is -0.483 e. The van der Waals surface area contributed by atoms with Gasteiger partial charge in [-0.25, -0.2) is 5.43 Å². The van der Waals surface area contributed by atoms with Crippen LogP contribution < -0.4 is 10.2 Å². The summed E-state index contributed by atoms with van der Waals surface area (Å²) in [5.41, 5.74) is 3.33. The molecule has 0 aliphatic heterocycles. The van der Waals surface area contributed by atoms with E-state index in [0.29, 0.717) is 10.8 Å². The number of fused-ring (bicyclic) bond motifs is 1. The average Bonchev–Trinajstić information content (AvgIpc) is 2.63. The molecule has 0 fully saturated rings. The summed E-state index contributed by atoms with van der Waals surface area (Å²) in [6.45, 7) is -0.136. The Morgan fingerprint density at radius 3 is 2.56 bits per heavy atom. The lowest BCUT2D eigenvalue weighted by atomic mass is 10.1. The van der Waals surface area contributed by atoms with E-state index in [9.17, 15) is 4.79 Å². The molecule has 3 rings (SSSR count). The van der Waals surface area contributed by atoms with Crippen molar-refractivity contribution in [3.63, 3.8) is 0 Å². The number of ether oxygens (including phenoxy) is 1. The molecule has 0 heterocycles. The van der Waals surface area contributed by atoms with Crippen LogP contribution in [0.3, 0.4) is 0 Å². The van der Waals surface area contributed by atoms with E-state index in [0.717, 1.165) is 20.8 Å². The zero-order chi connectivity index (χ0) is 17.6. The Hall–Kier alpha value is -2.37. The van der Waals surface area contributed by atoms with Crippen LogP contribution in [0.25, 0.3) is 10.8 Å². The van der Waals surface area contributed by atoms with Crippen molar-refractivity contribution >= 4 is 50.4 Å². The van der Waals surface area contributed by atoms with Crippen LogP contribution in [0.2, 0.25) is 5.02 Å². The van der Waals surface area contributed by atoms with E-state index in [1.54, 1.807) is 18.3 Å². The molecular weight excluding hydrogens is 404 g/mol. The highest BCUT2D eigenvalue weighted by Crippen LogP contribution is 2.31. The summed E-state index contributed by atoms with van der Waals surface area (Å²) in [4.78, 5) is 11.9. The molecule has 3 aromatic rings. The Bertz CT molecular complexity index is 926. The second-order valence-corrected chi connectivity index (χ2v) is 6.55. The van der Waals surface area contributed by atoms with Crippen molar-refractivity contribution in [2.75, 3.05) is 6.61 Å². The highest BCUT2D eigenvalue weighted by molar-refractivity contribution is 9.10. The number of hydrogen-bond donors (Lipinski definition) is 1. The number of hydrogen-bond acceptors (Lipinski definition) is 3. The molecule has 4 nitrogen and oxygen atoms in total. The summed E-state index contributed by atoms with van der Waals surface area (Å²) in [5.74, 6) is 0.263. The normalized spacial score (nSPS) is 11.0. The molecule has 1 amide bonds. The molecule has 0 bridgehead atoms. The first-order valence-electron chi connectivity index (χ1n) is 7.51. The first kappa shape index (κ1) is 17.5. The van der Waals surface area contributed by atoms with Gasteiger partial charge in [0.05, 0.1) is 6.21 Å². The second kappa shape index (κ2) is 8.14. The number of nitrogens with zero attached hydrogens (tertiary/aromatic N) is 1. The van der Waals surface area contributed by atoms with Crippen LogP contribution in [0.5, 0.6) is 5.75 Å². The van der Waals surface area contributed by atoms with E-state index in [-0.39, 0.29) is 12.5 Å². The molecule has 0 saturated heterocycles. The molecule has 6 heteroatoms. The Morgan fingerprint density at radius 2 is 1.80 bits per heavy atom. The minimum atomic E-state index is -0.340. The highest BCUT2D eigenvalue weighted by Gasteiger charge is 2.07. The first-order chi connectivity index (χ1) is 12.1. The fourth-order valence-electron chi connectivity index (χ4n) is 2.26. The van der Waals surface area contributed by atoms with Crippen LogP contribution in [-0.4, -0.2) is 18.7 Å². The third-order valence-electron chi connectivity index (χ3n) is 3.46. The molecule has 0 aliphatic carbocycles. The SMILES string of the molecule is O=C(COc1ccc(Cl)c2ccccc12)N/N=C/c1ccc(Br)cc1. The summed E-state index contributed by atoms with van der Waals surface area (Å²) >= 11 is 9.53. The number of amides is 1. The summed E-state index contributed by atoms with van der Waals surface area (Å²) in [5, 5.41) is 6.31. The fraction of sp³-hybridized carbons (Fsp3) is 0.0526. The zero-order valence-electron chi connectivity index (χ0n) is 13.1. The van der Waals surface area contributed by atoms with Gasteiger partial charge in [-0.3, -0.25) is 4.79 Å². The van der Waals surface area contributed by atoms with Crippen LogP contribution in [0.1, 0.15) is 5.56 Å². The van der Waals surface area contributed by atoms with Gasteiger partial charge >= 0.3 is 0 Å². The van der Waals surface area contributed by atoms with E-state index in [1.165, 1.54) is 0 Å². The van der Waals surface area contributed by atoms with E-state index in [4.69, 9.17) is 16.3 Å². The number of benzene rings is 3. The van der Waals surface area contributed by atoms with Crippen LogP contribution in [0, 0.1) is 0 Å². The van der Waals surface area contributed by atoms with Crippen molar-refractivity contribution in [2.24, 2.45) is 5.10 Å². The average molecular weight is 418 g/mol. The molecule has 126 valence electrons. The number of halogens is 2. The van der Waals surface area contributed by atoms with E-state index >= 15 is 0 Å². The first-order valence-corrected chi connectivity index (χ1v) is 8.68. The Morgan fingerprint density at radius 1 is 1.08 bits per heavy atom. The predicted molar refractivity (Wildman–Crippen MR) is 104 cm³/mol. The molecule has 0 radical (unpaired) electrons. The third kappa shape index (κ3) is 4.59. The topological polar surface area (TPSA) is 50.7 Å². The van der Waals surface area contributed by atoms with E-state index < -0.39 is 0 Å². The van der Waals surface area contributed by atoms with Gasteiger partial charge in [-0.1, -0.05) is 63.9 Å². The summed E-state index contributed by atoms with van der Waals surface area (Å²) in [6, 6.07) is 18.7. The highest BCUT2D eigenvalue weighted by atomic mass is 79.9.